The molecule has 7 heteroatoms. The van der Waals surface area contributed by atoms with Crippen molar-refractivity contribution in [2.45, 2.75) is 46.8 Å². The van der Waals surface area contributed by atoms with Crippen LogP contribution in [-0.2, 0) is 9.53 Å². The molecule has 1 aromatic carbocycles. The Morgan fingerprint density at radius 3 is 2.50 bits per heavy atom. The van der Waals surface area contributed by atoms with Crippen molar-refractivity contribution in [2.75, 3.05) is 13.2 Å². The van der Waals surface area contributed by atoms with Gasteiger partial charge in [0, 0.05) is 17.3 Å². The molecule has 2 rings (SSSR count). The van der Waals surface area contributed by atoms with E-state index in [-0.39, 0.29) is 12.1 Å². The first-order chi connectivity index (χ1) is 12.4. The number of rotatable bonds is 7. The highest BCUT2D eigenvalue weighted by molar-refractivity contribution is 5.95. The Hall–Kier alpha value is -2.70. The van der Waals surface area contributed by atoms with Crippen LogP contribution in [0.5, 0.6) is 11.5 Å². The summed E-state index contributed by atoms with van der Waals surface area (Å²) in [6, 6.07) is 4.28. The highest BCUT2D eigenvalue weighted by atomic mass is 16.5. The molecule has 26 heavy (non-hydrogen) atoms. The van der Waals surface area contributed by atoms with Crippen LogP contribution >= 0.6 is 0 Å². The van der Waals surface area contributed by atoms with Crippen molar-refractivity contribution in [1.82, 2.24) is 10.6 Å². The summed E-state index contributed by atoms with van der Waals surface area (Å²) in [5.74, 6) is 0.728. The third-order valence-electron chi connectivity index (χ3n) is 3.74. The lowest BCUT2D eigenvalue weighted by atomic mass is 9.94. The van der Waals surface area contributed by atoms with Gasteiger partial charge in [0.25, 0.3) is 0 Å². The van der Waals surface area contributed by atoms with E-state index in [4.69, 9.17) is 14.2 Å². The first kappa shape index (κ1) is 19.6. The van der Waals surface area contributed by atoms with E-state index in [2.05, 4.69) is 10.6 Å². The zero-order chi connectivity index (χ0) is 19.3. The maximum atomic E-state index is 12.6. The molecule has 2 N–H and O–H groups in total. The highest BCUT2D eigenvalue weighted by Gasteiger charge is 2.34. The number of carbonyl (C=O) groups is 2. The van der Waals surface area contributed by atoms with Gasteiger partial charge < -0.3 is 24.8 Å². The molecule has 1 aliphatic rings. The number of allylic oxidation sites excluding steroid dienone is 1. The summed E-state index contributed by atoms with van der Waals surface area (Å²) in [5.41, 5.74) is 1.48. The first-order valence-electron chi connectivity index (χ1n) is 8.76. The van der Waals surface area contributed by atoms with E-state index in [1.807, 2.05) is 13.8 Å². The van der Waals surface area contributed by atoms with Gasteiger partial charge in [-0.3, -0.25) is 0 Å². The van der Waals surface area contributed by atoms with Crippen LogP contribution in [0.15, 0.2) is 29.5 Å². The monoisotopic (exact) mass is 362 g/mol. The molecule has 1 aromatic rings. The lowest BCUT2D eigenvalue weighted by Gasteiger charge is -2.29. The average Bonchev–Trinajstić information content (AvgIpc) is 2.54. The molecular weight excluding hydrogens is 336 g/mol. The molecule has 1 unspecified atom stereocenters. The SMILES string of the molecule is CCOc1ccc(C2NC(=O)NC(C)=C2C(=O)OC(C)C)c(OCC)c1. The van der Waals surface area contributed by atoms with Crippen LogP contribution in [0.1, 0.15) is 46.2 Å². The molecule has 0 saturated carbocycles. The summed E-state index contributed by atoms with van der Waals surface area (Å²) >= 11 is 0. The number of benzene rings is 1. The van der Waals surface area contributed by atoms with E-state index in [9.17, 15) is 9.59 Å². The Kier molecular flexibility index (Phi) is 6.49. The highest BCUT2D eigenvalue weighted by Crippen LogP contribution is 2.36. The molecule has 1 atom stereocenters. The quantitative estimate of drug-likeness (QED) is 0.728. The molecule has 0 fully saturated rings. The van der Waals surface area contributed by atoms with E-state index >= 15 is 0 Å². The van der Waals surface area contributed by atoms with Crippen LogP contribution < -0.4 is 20.1 Å². The molecule has 0 spiro atoms. The van der Waals surface area contributed by atoms with Crippen molar-refractivity contribution in [2.24, 2.45) is 0 Å². The number of carbonyl (C=O) groups excluding carboxylic acids is 2. The molecule has 0 radical (unpaired) electrons. The van der Waals surface area contributed by atoms with Crippen LogP contribution in [0.25, 0.3) is 0 Å². The summed E-state index contributed by atoms with van der Waals surface area (Å²) in [6.45, 7) is 9.97. The summed E-state index contributed by atoms with van der Waals surface area (Å²) < 4.78 is 16.6. The average molecular weight is 362 g/mol. The molecule has 0 saturated heterocycles. The summed E-state index contributed by atoms with van der Waals surface area (Å²) in [4.78, 5) is 24.6. The van der Waals surface area contributed by atoms with E-state index < -0.39 is 12.0 Å². The van der Waals surface area contributed by atoms with E-state index in [0.717, 1.165) is 0 Å². The number of hydrogen-bond acceptors (Lipinski definition) is 5. The van der Waals surface area contributed by atoms with Gasteiger partial charge in [-0.15, -0.1) is 0 Å². The van der Waals surface area contributed by atoms with Gasteiger partial charge in [-0.1, -0.05) is 0 Å². The fourth-order valence-electron chi connectivity index (χ4n) is 2.77. The predicted octanol–water partition coefficient (Wildman–Crippen LogP) is 3.06. The summed E-state index contributed by atoms with van der Waals surface area (Å²) in [7, 11) is 0. The molecule has 2 amide bonds. The van der Waals surface area contributed by atoms with Crippen molar-refractivity contribution >= 4 is 12.0 Å². The van der Waals surface area contributed by atoms with Gasteiger partial charge in [0.15, 0.2) is 0 Å². The van der Waals surface area contributed by atoms with Gasteiger partial charge in [-0.2, -0.15) is 0 Å². The molecule has 7 nitrogen and oxygen atoms in total. The topological polar surface area (TPSA) is 85.9 Å². The number of nitrogens with one attached hydrogen (secondary N) is 2. The Morgan fingerprint density at radius 1 is 1.19 bits per heavy atom. The van der Waals surface area contributed by atoms with Crippen molar-refractivity contribution in [1.29, 1.82) is 0 Å². The predicted molar refractivity (Wildman–Crippen MR) is 97.1 cm³/mol. The van der Waals surface area contributed by atoms with E-state index in [1.165, 1.54) is 0 Å². The Morgan fingerprint density at radius 2 is 1.88 bits per heavy atom. The van der Waals surface area contributed by atoms with Gasteiger partial charge in [0.2, 0.25) is 0 Å². The normalized spacial score (nSPS) is 16.8. The Bertz CT molecular complexity index is 712. The van der Waals surface area contributed by atoms with Crippen LogP contribution in [-0.4, -0.2) is 31.3 Å². The number of ether oxygens (including phenoxy) is 3. The van der Waals surface area contributed by atoms with Gasteiger partial charge in [-0.05, 0) is 46.8 Å². The third-order valence-corrected chi connectivity index (χ3v) is 3.74. The second-order valence-corrected chi connectivity index (χ2v) is 6.09. The number of hydrogen-bond donors (Lipinski definition) is 2. The number of amides is 2. The van der Waals surface area contributed by atoms with Crippen molar-refractivity contribution < 1.29 is 23.8 Å². The fraction of sp³-hybridized carbons (Fsp3) is 0.474. The molecule has 0 aromatic heterocycles. The van der Waals surface area contributed by atoms with Crippen LogP contribution in [0, 0.1) is 0 Å². The van der Waals surface area contributed by atoms with Gasteiger partial charge in [0.1, 0.15) is 11.5 Å². The zero-order valence-corrected chi connectivity index (χ0v) is 15.8. The smallest absolute Gasteiger partial charge is 0.338 e. The second kappa shape index (κ2) is 8.60. The van der Waals surface area contributed by atoms with Crippen molar-refractivity contribution in [3.8, 4) is 11.5 Å². The zero-order valence-electron chi connectivity index (χ0n) is 15.8. The lowest BCUT2D eigenvalue weighted by molar-refractivity contribution is -0.143. The van der Waals surface area contributed by atoms with Crippen LogP contribution in [0.3, 0.4) is 0 Å². The van der Waals surface area contributed by atoms with Gasteiger partial charge in [-0.25, -0.2) is 9.59 Å². The maximum Gasteiger partial charge on any atom is 0.338 e. The molecule has 0 aliphatic carbocycles. The van der Waals surface area contributed by atoms with Crippen LogP contribution in [0.2, 0.25) is 0 Å². The molecule has 1 heterocycles. The third kappa shape index (κ3) is 4.47. The lowest BCUT2D eigenvalue weighted by Crippen LogP contribution is -2.45. The van der Waals surface area contributed by atoms with Crippen LogP contribution in [0.4, 0.5) is 4.79 Å². The van der Waals surface area contributed by atoms with Gasteiger partial charge >= 0.3 is 12.0 Å². The Labute approximate surface area is 153 Å². The maximum absolute atomic E-state index is 12.6. The van der Waals surface area contributed by atoms with Crippen molar-refractivity contribution in [3.63, 3.8) is 0 Å². The summed E-state index contributed by atoms with van der Waals surface area (Å²) in [6.07, 6.45) is -0.271. The minimum atomic E-state index is -0.674. The number of urea groups is 1. The molecular formula is C19H26N2O5. The second-order valence-electron chi connectivity index (χ2n) is 6.09. The minimum Gasteiger partial charge on any atom is -0.494 e. The van der Waals surface area contributed by atoms with E-state index in [1.54, 1.807) is 39.0 Å². The van der Waals surface area contributed by atoms with E-state index in [0.29, 0.717) is 41.5 Å². The Balaban J connectivity index is 2.50. The first-order valence-corrected chi connectivity index (χ1v) is 8.76. The molecule has 1 aliphatic heterocycles. The molecule has 142 valence electrons. The largest absolute Gasteiger partial charge is 0.494 e. The summed E-state index contributed by atoms with van der Waals surface area (Å²) in [5, 5.41) is 5.42. The number of esters is 1. The standard InChI is InChI=1S/C19H26N2O5/c1-6-24-13-8-9-14(15(10-13)25-7-2)17-16(18(22)26-11(3)4)12(5)20-19(23)21-17/h8-11,17H,6-7H2,1-5H3,(H2,20,21,23). The van der Waals surface area contributed by atoms with Gasteiger partial charge in [0.05, 0.1) is 30.9 Å². The molecule has 0 bridgehead atoms. The van der Waals surface area contributed by atoms with Crippen molar-refractivity contribution in [3.05, 3.63) is 35.0 Å². The fourth-order valence-corrected chi connectivity index (χ4v) is 2.77. The minimum absolute atomic E-state index is 0.271.